The van der Waals surface area contributed by atoms with Crippen LogP contribution >= 0.6 is 0 Å². The van der Waals surface area contributed by atoms with Crippen molar-refractivity contribution in [1.29, 1.82) is 0 Å². The van der Waals surface area contributed by atoms with Gasteiger partial charge in [0.05, 0.1) is 11.1 Å². The number of halogens is 3. The molecule has 0 saturated heterocycles. The van der Waals surface area contributed by atoms with Gasteiger partial charge in [-0.2, -0.15) is 13.2 Å². The highest BCUT2D eigenvalue weighted by molar-refractivity contribution is 5.89. The van der Waals surface area contributed by atoms with Gasteiger partial charge < -0.3 is 4.74 Å². The molecule has 0 N–H and O–H groups in total. The number of hydrogen-bond donors (Lipinski definition) is 0. The van der Waals surface area contributed by atoms with Crippen LogP contribution in [0.25, 0.3) is 11.5 Å². The van der Waals surface area contributed by atoms with Gasteiger partial charge in [-0.3, -0.25) is 9.51 Å². The fourth-order valence-electron chi connectivity index (χ4n) is 2.27. The fourth-order valence-corrected chi connectivity index (χ4v) is 2.27. The van der Waals surface area contributed by atoms with Gasteiger partial charge >= 0.3 is 17.9 Å². The van der Waals surface area contributed by atoms with Crippen molar-refractivity contribution < 1.29 is 27.2 Å². The first-order chi connectivity index (χ1) is 12.8. The lowest BCUT2D eigenvalue weighted by molar-refractivity contribution is -0.137. The van der Waals surface area contributed by atoms with Gasteiger partial charge in [0.2, 0.25) is 5.82 Å². The number of rotatable bonds is 4. The first-order valence-electron chi connectivity index (χ1n) is 7.59. The minimum absolute atomic E-state index is 0.248. The zero-order chi connectivity index (χ0) is 19.6. The monoisotopic (exact) mass is 379 g/mol. The Kier molecular flexibility index (Phi) is 4.80. The summed E-state index contributed by atoms with van der Waals surface area (Å²) in [4.78, 5) is 27.6. The van der Waals surface area contributed by atoms with Crippen molar-refractivity contribution in [3.8, 4) is 11.5 Å². The summed E-state index contributed by atoms with van der Waals surface area (Å²) in [6.45, 7) is 1.20. The first-order valence-corrected chi connectivity index (χ1v) is 7.59. The third-order valence-electron chi connectivity index (χ3n) is 3.58. The number of nitrogens with zero attached hydrogens (tertiary/aromatic N) is 3. The maximum atomic E-state index is 12.9. The lowest BCUT2D eigenvalue weighted by Gasteiger charge is -2.09. The van der Waals surface area contributed by atoms with E-state index < -0.39 is 30.2 Å². The Hall–Kier alpha value is -3.43. The molecule has 0 unspecified atom stereocenters. The van der Waals surface area contributed by atoms with E-state index in [1.807, 2.05) is 0 Å². The molecule has 0 spiro atoms. The molecule has 0 amide bonds. The molecule has 0 saturated carbocycles. The zero-order valence-electron chi connectivity index (χ0n) is 13.9. The second-order valence-corrected chi connectivity index (χ2v) is 5.56. The molecule has 1 aromatic carbocycles. The molecule has 0 aliphatic carbocycles. The van der Waals surface area contributed by atoms with Crippen LogP contribution in [0, 0.1) is 6.92 Å². The van der Waals surface area contributed by atoms with E-state index in [4.69, 9.17) is 4.74 Å². The Bertz CT molecular complexity index is 1040. The maximum Gasteiger partial charge on any atom is 0.444 e. The van der Waals surface area contributed by atoms with Gasteiger partial charge in [-0.05, 0) is 31.2 Å². The molecule has 3 aromatic rings. The van der Waals surface area contributed by atoms with Crippen molar-refractivity contribution in [2.24, 2.45) is 0 Å². The number of benzene rings is 1. The SMILES string of the molecule is Cc1cccc(C(=O)OCn2c(-c3cc(C(F)(F)F)ccn3)noc2=O)c1. The Morgan fingerprint density at radius 3 is 2.74 bits per heavy atom. The molecule has 27 heavy (non-hydrogen) atoms. The van der Waals surface area contributed by atoms with Crippen LogP contribution in [0.3, 0.4) is 0 Å². The number of alkyl halides is 3. The van der Waals surface area contributed by atoms with Gasteiger partial charge in [-0.1, -0.05) is 22.9 Å². The molecule has 0 atom stereocenters. The summed E-state index contributed by atoms with van der Waals surface area (Å²) in [5, 5.41) is 3.43. The highest BCUT2D eigenvalue weighted by Crippen LogP contribution is 2.30. The number of carbonyl (C=O) groups is 1. The van der Waals surface area contributed by atoms with E-state index >= 15 is 0 Å². The minimum atomic E-state index is -4.59. The zero-order valence-corrected chi connectivity index (χ0v) is 13.9. The van der Waals surface area contributed by atoms with Crippen LogP contribution in [0.15, 0.2) is 51.9 Å². The first kappa shape index (κ1) is 18.4. The molecule has 0 radical (unpaired) electrons. The van der Waals surface area contributed by atoms with Crippen LogP contribution in [-0.4, -0.2) is 20.7 Å². The number of aromatic nitrogens is 3. The predicted molar refractivity (Wildman–Crippen MR) is 85.6 cm³/mol. The highest BCUT2D eigenvalue weighted by atomic mass is 19.4. The maximum absolute atomic E-state index is 12.9. The number of carbonyl (C=O) groups excluding carboxylic acids is 1. The minimum Gasteiger partial charge on any atom is -0.440 e. The van der Waals surface area contributed by atoms with Gasteiger partial charge in [-0.15, -0.1) is 0 Å². The molecular weight excluding hydrogens is 367 g/mol. The van der Waals surface area contributed by atoms with Crippen molar-refractivity contribution in [1.82, 2.24) is 14.7 Å². The van der Waals surface area contributed by atoms with E-state index in [0.717, 1.165) is 28.5 Å². The predicted octanol–water partition coefficient (Wildman–Crippen LogP) is 3.04. The van der Waals surface area contributed by atoms with Crippen molar-refractivity contribution in [3.63, 3.8) is 0 Å². The van der Waals surface area contributed by atoms with Crippen LogP contribution in [-0.2, 0) is 17.6 Å². The van der Waals surface area contributed by atoms with Crippen LogP contribution < -0.4 is 5.76 Å². The summed E-state index contributed by atoms with van der Waals surface area (Å²) in [6, 6.07) is 8.07. The topological polar surface area (TPSA) is 87.2 Å². The molecule has 2 aromatic heterocycles. The summed E-state index contributed by atoms with van der Waals surface area (Å²) in [7, 11) is 0. The molecule has 2 heterocycles. The summed E-state index contributed by atoms with van der Waals surface area (Å²) in [6.07, 6.45) is -3.66. The van der Waals surface area contributed by atoms with Gasteiger partial charge in [0.1, 0.15) is 5.69 Å². The summed E-state index contributed by atoms with van der Waals surface area (Å²) in [5.74, 6) is -2.00. The van der Waals surface area contributed by atoms with E-state index in [0.29, 0.717) is 0 Å². The number of pyridine rings is 1. The van der Waals surface area contributed by atoms with Crippen LogP contribution in [0.5, 0.6) is 0 Å². The second-order valence-electron chi connectivity index (χ2n) is 5.56. The lowest BCUT2D eigenvalue weighted by atomic mass is 10.1. The van der Waals surface area contributed by atoms with Gasteiger partial charge in [0, 0.05) is 6.20 Å². The van der Waals surface area contributed by atoms with Crippen molar-refractivity contribution in [2.75, 3.05) is 0 Å². The number of aryl methyl sites for hydroxylation is 1. The average Bonchev–Trinajstić information content (AvgIpc) is 2.99. The smallest absolute Gasteiger partial charge is 0.440 e. The summed E-state index contributed by atoms with van der Waals surface area (Å²) < 4.78 is 48.9. The summed E-state index contributed by atoms with van der Waals surface area (Å²) in [5.41, 5.74) is -0.118. The van der Waals surface area contributed by atoms with Crippen LogP contribution in [0.4, 0.5) is 13.2 Å². The number of ether oxygens (including phenoxy) is 1. The Morgan fingerprint density at radius 1 is 1.26 bits per heavy atom. The molecular formula is C17H12F3N3O4. The van der Waals surface area contributed by atoms with E-state index in [1.165, 1.54) is 6.07 Å². The fraction of sp³-hybridized carbons (Fsp3) is 0.176. The Morgan fingerprint density at radius 2 is 2.04 bits per heavy atom. The quantitative estimate of drug-likeness (QED) is 0.648. The molecule has 140 valence electrons. The van der Waals surface area contributed by atoms with Gasteiger partial charge in [-0.25, -0.2) is 14.2 Å². The molecule has 0 aliphatic rings. The Balaban J connectivity index is 1.86. The van der Waals surface area contributed by atoms with Gasteiger partial charge in [0.25, 0.3) is 0 Å². The van der Waals surface area contributed by atoms with E-state index in [-0.39, 0.29) is 17.1 Å². The van der Waals surface area contributed by atoms with Crippen LogP contribution in [0.1, 0.15) is 21.5 Å². The molecule has 0 bridgehead atoms. The standard InChI is InChI=1S/C17H12F3N3O4/c1-10-3-2-4-11(7-10)15(24)26-9-23-14(22-27-16(23)25)13-8-12(5-6-21-13)17(18,19)20/h2-8H,9H2,1H3. The molecule has 0 aliphatic heterocycles. The van der Waals surface area contributed by atoms with E-state index in [1.54, 1.807) is 25.1 Å². The van der Waals surface area contributed by atoms with Crippen molar-refractivity contribution in [3.05, 3.63) is 69.8 Å². The second kappa shape index (κ2) is 7.06. The molecule has 7 nitrogen and oxygen atoms in total. The molecule has 0 fully saturated rings. The summed E-state index contributed by atoms with van der Waals surface area (Å²) >= 11 is 0. The third kappa shape index (κ3) is 4.05. The number of hydrogen-bond acceptors (Lipinski definition) is 6. The van der Waals surface area contributed by atoms with Gasteiger partial charge in [0.15, 0.2) is 6.73 Å². The average molecular weight is 379 g/mol. The van der Waals surface area contributed by atoms with E-state index in [9.17, 15) is 22.8 Å². The number of esters is 1. The largest absolute Gasteiger partial charge is 0.444 e. The molecule has 3 rings (SSSR count). The van der Waals surface area contributed by atoms with Crippen molar-refractivity contribution >= 4 is 5.97 Å². The highest BCUT2D eigenvalue weighted by Gasteiger charge is 2.31. The lowest BCUT2D eigenvalue weighted by Crippen LogP contribution is -2.20. The van der Waals surface area contributed by atoms with E-state index in [2.05, 4.69) is 14.7 Å². The Labute approximate surface area is 150 Å². The molecule has 10 heteroatoms. The van der Waals surface area contributed by atoms with Crippen LogP contribution in [0.2, 0.25) is 0 Å². The normalized spacial score (nSPS) is 11.4. The third-order valence-corrected chi connectivity index (χ3v) is 3.58. The van der Waals surface area contributed by atoms with Crippen molar-refractivity contribution in [2.45, 2.75) is 19.8 Å².